The minimum Gasteiger partial charge on any atom is -0.478 e. The lowest BCUT2D eigenvalue weighted by Gasteiger charge is -2.25. The van der Waals surface area contributed by atoms with Crippen LogP contribution in [0.1, 0.15) is 31.5 Å². The maximum Gasteiger partial charge on any atom is 0.218 e. The molecule has 0 saturated carbocycles. The summed E-state index contributed by atoms with van der Waals surface area (Å²) in [7, 11) is 0. The second-order valence-corrected chi connectivity index (χ2v) is 4.88. The molecule has 0 spiro atoms. The van der Waals surface area contributed by atoms with Crippen LogP contribution in [0, 0.1) is 0 Å². The third-order valence-electron chi connectivity index (χ3n) is 3.51. The van der Waals surface area contributed by atoms with E-state index in [-0.39, 0.29) is 6.04 Å². The minimum absolute atomic E-state index is 0.169. The predicted molar refractivity (Wildman–Crippen MR) is 79.0 cm³/mol. The summed E-state index contributed by atoms with van der Waals surface area (Å²) in [5.41, 5.74) is 6.52. The van der Waals surface area contributed by atoms with Crippen LogP contribution in [0.3, 0.4) is 0 Å². The molecule has 0 aromatic carbocycles. The van der Waals surface area contributed by atoms with Gasteiger partial charge in [-0.3, -0.25) is 0 Å². The predicted octanol–water partition coefficient (Wildman–Crippen LogP) is 1.59. The highest BCUT2D eigenvalue weighted by Gasteiger charge is 2.28. The molecule has 21 heavy (non-hydrogen) atoms. The maximum absolute atomic E-state index is 5.60. The Labute approximate surface area is 123 Å². The number of aromatic nitrogens is 4. The van der Waals surface area contributed by atoms with Crippen LogP contribution in [-0.2, 0) is 0 Å². The molecule has 3 rings (SSSR count). The zero-order chi connectivity index (χ0) is 14.7. The first-order valence-corrected chi connectivity index (χ1v) is 7.08. The third kappa shape index (κ3) is 2.86. The number of rotatable bonds is 4. The van der Waals surface area contributed by atoms with Crippen molar-refractivity contribution >= 4 is 11.6 Å². The van der Waals surface area contributed by atoms with E-state index in [9.17, 15) is 0 Å². The number of nitrogen functional groups attached to an aromatic ring is 1. The summed E-state index contributed by atoms with van der Waals surface area (Å²) < 4.78 is 5.44. The Bertz CT molecular complexity index is 603. The quantitative estimate of drug-likeness (QED) is 0.912. The molecule has 0 amide bonds. The zero-order valence-corrected chi connectivity index (χ0v) is 11.9. The van der Waals surface area contributed by atoms with Crippen molar-refractivity contribution in [2.75, 3.05) is 23.8 Å². The first-order chi connectivity index (χ1) is 10.3. The lowest BCUT2D eigenvalue weighted by molar-refractivity contribution is 0.326. The zero-order valence-electron chi connectivity index (χ0n) is 11.9. The fourth-order valence-electron chi connectivity index (χ4n) is 2.59. The van der Waals surface area contributed by atoms with Crippen molar-refractivity contribution in [1.29, 1.82) is 0 Å². The van der Waals surface area contributed by atoms with E-state index in [1.165, 1.54) is 6.33 Å². The molecule has 110 valence electrons. The molecule has 0 bridgehead atoms. The molecule has 2 aromatic rings. The number of ether oxygens (including phenoxy) is 1. The topological polar surface area (TPSA) is 90.1 Å². The van der Waals surface area contributed by atoms with E-state index in [4.69, 9.17) is 10.5 Å². The molecule has 0 radical (unpaired) electrons. The van der Waals surface area contributed by atoms with Gasteiger partial charge in [0.05, 0.1) is 18.3 Å². The summed E-state index contributed by atoms with van der Waals surface area (Å²) in [4.78, 5) is 10.7. The summed E-state index contributed by atoms with van der Waals surface area (Å²) in [5, 5.41) is 8.15. The van der Waals surface area contributed by atoms with Gasteiger partial charge in [0.1, 0.15) is 18.0 Å². The second-order valence-electron chi connectivity index (χ2n) is 4.88. The Morgan fingerprint density at radius 2 is 2.24 bits per heavy atom. The van der Waals surface area contributed by atoms with Crippen molar-refractivity contribution in [3.05, 3.63) is 30.2 Å². The molecule has 3 heterocycles. The number of nitrogens with two attached hydrogens (primary N) is 1. The Balaban J connectivity index is 1.86. The van der Waals surface area contributed by atoms with Gasteiger partial charge >= 0.3 is 0 Å². The summed E-state index contributed by atoms with van der Waals surface area (Å²) in [6.07, 6.45) is 3.64. The molecule has 2 N–H and O–H groups in total. The molecule has 7 heteroatoms. The SMILES string of the molecule is CCOc1cc(N2CCCC2c2ccc(N)nn2)ncn1. The number of hydrogen-bond donors (Lipinski definition) is 1. The van der Waals surface area contributed by atoms with Gasteiger partial charge in [-0.25, -0.2) is 9.97 Å². The lowest BCUT2D eigenvalue weighted by Crippen LogP contribution is -2.24. The van der Waals surface area contributed by atoms with Crippen molar-refractivity contribution in [1.82, 2.24) is 20.2 Å². The molecule has 1 aliphatic rings. The van der Waals surface area contributed by atoms with Crippen LogP contribution in [0.25, 0.3) is 0 Å². The van der Waals surface area contributed by atoms with Gasteiger partial charge in [-0.2, -0.15) is 5.10 Å². The van der Waals surface area contributed by atoms with Gasteiger partial charge in [-0.1, -0.05) is 0 Å². The Morgan fingerprint density at radius 3 is 3.00 bits per heavy atom. The van der Waals surface area contributed by atoms with Crippen LogP contribution in [0.4, 0.5) is 11.6 Å². The van der Waals surface area contributed by atoms with E-state index < -0.39 is 0 Å². The lowest BCUT2D eigenvalue weighted by atomic mass is 10.1. The molecule has 1 atom stereocenters. The Hall–Kier alpha value is -2.44. The van der Waals surface area contributed by atoms with Crippen molar-refractivity contribution in [2.24, 2.45) is 0 Å². The second kappa shape index (κ2) is 5.90. The van der Waals surface area contributed by atoms with E-state index in [2.05, 4.69) is 25.1 Å². The Kier molecular flexibility index (Phi) is 3.81. The molecule has 0 aliphatic carbocycles. The molecular weight excluding hydrogens is 268 g/mol. The van der Waals surface area contributed by atoms with E-state index >= 15 is 0 Å². The van der Waals surface area contributed by atoms with Gasteiger partial charge in [0, 0.05) is 12.6 Å². The highest BCUT2D eigenvalue weighted by Crippen LogP contribution is 2.34. The van der Waals surface area contributed by atoms with Crippen molar-refractivity contribution in [2.45, 2.75) is 25.8 Å². The van der Waals surface area contributed by atoms with Gasteiger partial charge in [0.15, 0.2) is 0 Å². The fraction of sp³-hybridized carbons (Fsp3) is 0.429. The van der Waals surface area contributed by atoms with Crippen LogP contribution in [0.15, 0.2) is 24.5 Å². The van der Waals surface area contributed by atoms with Crippen LogP contribution in [0.2, 0.25) is 0 Å². The van der Waals surface area contributed by atoms with Gasteiger partial charge < -0.3 is 15.4 Å². The number of anilines is 2. The monoisotopic (exact) mass is 286 g/mol. The normalized spacial score (nSPS) is 18.0. The van der Waals surface area contributed by atoms with Crippen LogP contribution in [0.5, 0.6) is 5.88 Å². The summed E-state index contributed by atoms with van der Waals surface area (Å²) in [5.74, 6) is 1.88. The molecule has 1 saturated heterocycles. The number of hydrogen-bond acceptors (Lipinski definition) is 7. The van der Waals surface area contributed by atoms with Gasteiger partial charge in [0.25, 0.3) is 0 Å². The average Bonchev–Trinajstić information content (AvgIpc) is 2.98. The van der Waals surface area contributed by atoms with Gasteiger partial charge in [-0.05, 0) is 31.9 Å². The Morgan fingerprint density at radius 1 is 1.33 bits per heavy atom. The van der Waals surface area contributed by atoms with Gasteiger partial charge in [0.2, 0.25) is 5.88 Å². The van der Waals surface area contributed by atoms with Gasteiger partial charge in [-0.15, -0.1) is 5.10 Å². The third-order valence-corrected chi connectivity index (χ3v) is 3.51. The minimum atomic E-state index is 0.169. The largest absolute Gasteiger partial charge is 0.478 e. The highest BCUT2D eigenvalue weighted by atomic mass is 16.5. The molecule has 1 fully saturated rings. The smallest absolute Gasteiger partial charge is 0.218 e. The number of nitrogens with zero attached hydrogens (tertiary/aromatic N) is 5. The van der Waals surface area contributed by atoms with Crippen LogP contribution < -0.4 is 15.4 Å². The molecule has 1 aliphatic heterocycles. The first-order valence-electron chi connectivity index (χ1n) is 7.08. The van der Waals surface area contributed by atoms with Crippen LogP contribution >= 0.6 is 0 Å². The highest BCUT2D eigenvalue weighted by molar-refractivity contribution is 5.45. The van der Waals surface area contributed by atoms with Crippen molar-refractivity contribution < 1.29 is 4.74 Å². The summed E-state index contributed by atoms with van der Waals surface area (Å²) >= 11 is 0. The molecule has 2 aromatic heterocycles. The fourth-order valence-corrected chi connectivity index (χ4v) is 2.59. The standard InChI is InChI=1S/C14H18N6O/c1-2-21-14-8-13(16-9-17-14)20-7-3-4-11(20)10-5-6-12(15)19-18-10/h5-6,8-9,11H,2-4,7H2,1H3,(H2,15,19). The van der Waals surface area contributed by atoms with E-state index in [1.54, 1.807) is 6.07 Å². The van der Waals surface area contributed by atoms with Crippen LogP contribution in [-0.4, -0.2) is 33.3 Å². The van der Waals surface area contributed by atoms with Crippen molar-refractivity contribution in [3.8, 4) is 5.88 Å². The van der Waals surface area contributed by atoms with E-state index in [0.717, 1.165) is 30.9 Å². The summed E-state index contributed by atoms with van der Waals surface area (Å²) in [6.45, 7) is 3.45. The average molecular weight is 286 g/mol. The molecule has 7 nitrogen and oxygen atoms in total. The first kappa shape index (κ1) is 13.5. The molecular formula is C14H18N6O. The van der Waals surface area contributed by atoms with E-state index in [0.29, 0.717) is 18.3 Å². The van der Waals surface area contributed by atoms with Crippen molar-refractivity contribution in [3.63, 3.8) is 0 Å². The molecule has 1 unspecified atom stereocenters. The van der Waals surface area contributed by atoms with E-state index in [1.807, 2.05) is 19.1 Å². The maximum atomic E-state index is 5.60. The summed E-state index contributed by atoms with van der Waals surface area (Å²) in [6, 6.07) is 5.75.